The summed E-state index contributed by atoms with van der Waals surface area (Å²) >= 11 is 12.5. The highest BCUT2D eigenvalue weighted by atomic mass is 35.5. The summed E-state index contributed by atoms with van der Waals surface area (Å²) in [6.07, 6.45) is 0.808. The number of fused-ring (bicyclic) bond motifs is 1. The minimum atomic E-state index is -4.23. The number of imidazole rings is 1. The van der Waals surface area contributed by atoms with Crippen molar-refractivity contribution in [2.45, 2.75) is 25.6 Å². The van der Waals surface area contributed by atoms with Gasteiger partial charge >= 0.3 is 6.18 Å². The van der Waals surface area contributed by atoms with Crippen molar-refractivity contribution in [1.82, 2.24) is 14.5 Å². The molecule has 1 saturated heterocycles. The molecule has 27 heavy (non-hydrogen) atoms. The summed E-state index contributed by atoms with van der Waals surface area (Å²) in [5.41, 5.74) is 1.18. The normalized spacial score (nSPS) is 20.6. The molecule has 2 aromatic heterocycles. The second-order valence-corrected chi connectivity index (χ2v) is 7.49. The zero-order valence-electron chi connectivity index (χ0n) is 14.2. The van der Waals surface area contributed by atoms with Gasteiger partial charge in [-0.3, -0.25) is 0 Å². The third kappa shape index (κ3) is 3.23. The molecule has 1 aromatic carbocycles. The lowest BCUT2D eigenvalue weighted by Gasteiger charge is -2.24. The fourth-order valence-electron chi connectivity index (χ4n) is 3.55. The lowest BCUT2D eigenvalue weighted by Crippen LogP contribution is -2.30. The number of halogens is 5. The predicted octanol–water partition coefficient (Wildman–Crippen LogP) is 5.50. The Bertz CT molecular complexity index is 988. The molecule has 2 atom stereocenters. The Balaban J connectivity index is 1.88. The van der Waals surface area contributed by atoms with Crippen LogP contribution >= 0.6 is 23.2 Å². The van der Waals surface area contributed by atoms with E-state index >= 15 is 0 Å². The molecule has 0 bridgehead atoms. The molecule has 4 nitrogen and oxygen atoms in total. The number of nitrogens with zero attached hydrogens (tertiary/aromatic N) is 4. The molecule has 3 aromatic rings. The molecule has 1 aliphatic rings. The maximum atomic E-state index is 13.2. The Morgan fingerprint density at radius 3 is 2.63 bits per heavy atom. The van der Waals surface area contributed by atoms with Crippen LogP contribution in [0.5, 0.6) is 0 Å². The van der Waals surface area contributed by atoms with Gasteiger partial charge in [-0.1, -0.05) is 23.2 Å². The first-order valence-electron chi connectivity index (χ1n) is 8.36. The molecule has 1 aliphatic heterocycles. The van der Waals surface area contributed by atoms with Crippen LogP contribution in [0.4, 0.5) is 19.0 Å². The number of aromatic nitrogens is 3. The van der Waals surface area contributed by atoms with Gasteiger partial charge in [0, 0.05) is 36.4 Å². The van der Waals surface area contributed by atoms with E-state index in [-0.39, 0.29) is 24.0 Å². The first-order chi connectivity index (χ1) is 12.8. The molecule has 0 aliphatic carbocycles. The molecule has 0 saturated carbocycles. The van der Waals surface area contributed by atoms with Gasteiger partial charge in [0.15, 0.2) is 0 Å². The monoisotopic (exact) mass is 414 g/mol. The van der Waals surface area contributed by atoms with Gasteiger partial charge in [0.25, 0.3) is 0 Å². The van der Waals surface area contributed by atoms with Gasteiger partial charge in [0.05, 0.1) is 33.5 Å². The molecule has 0 amide bonds. The third-order valence-electron chi connectivity index (χ3n) is 4.95. The average molecular weight is 415 g/mol. The number of hydrogen-bond acceptors (Lipinski definition) is 3. The van der Waals surface area contributed by atoms with Crippen LogP contribution in [-0.2, 0) is 0 Å². The molecule has 0 unspecified atom stereocenters. The SMILES string of the molecule is C[C@@H]1C[C@H](C(F)(F)F)CN1c1cc(-n2ccnc2)c2ccc(Cl)c(Cl)c2n1. The number of benzene rings is 1. The summed E-state index contributed by atoms with van der Waals surface area (Å²) in [5, 5.41) is 1.36. The summed E-state index contributed by atoms with van der Waals surface area (Å²) < 4.78 is 41.4. The lowest BCUT2D eigenvalue weighted by atomic mass is 10.1. The fraction of sp³-hybridized carbons (Fsp3) is 0.333. The van der Waals surface area contributed by atoms with Crippen LogP contribution in [0.2, 0.25) is 10.0 Å². The smallest absolute Gasteiger partial charge is 0.353 e. The summed E-state index contributed by atoms with van der Waals surface area (Å²) in [6, 6.07) is 4.94. The largest absolute Gasteiger partial charge is 0.393 e. The molecule has 9 heteroatoms. The second-order valence-electron chi connectivity index (χ2n) is 6.70. The summed E-state index contributed by atoms with van der Waals surface area (Å²) in [4.78, 5) is 10.3. The van der Waals surface area contributed by atoms with Crippen molar-refractivity contribution in [3.63, 3.8) is 0 Å². The van der Waals surface area contributed by atoms with Crippen molar-refractivity contribution in [2.24, 2.45) is 5.92 Å². The van der Waals surface area contributed by atoms with Gasteiger partial charge < -0.3 is 9.47 Å². The first kappa shape index (κ1) is 18.4. The Morgan fingerprint density at radius 2 is 2.00 bits per heavy atom. The minimum absolute atomic E-state index is 0.0346. The highest BCUT2D eigenvalue weighted by molar-refractivity contribution is 6.45. The number of rotatable bonds is 2. The van der Waals surface area contributed by atoms with E-state index in [2.05, 4.69) is 9.97 Å². The third-order valence-corrected chi connectivity index (χ3v) is 5.75. The quantitative estimate of drug-likeness (QED) is 0.554. The number of anilines is 1. The van der Waals surface area contributed by atoms with Gasteiger partial charge in [-0.15, -0.1) is 0 Å². The van der Waals surface area contributed by atoms with Gasteiger partial charge in [-0.05, 0) is 25.5 Å². The van der Waals surface area contributed by atoms with Crippen LogP contribution < -0.4 is 4.90 Å². The molecule has 0 N–H and O–H groups in total. The highest BCUT2D eigenvalue weighted by Crippen LogP contribution is 2.40. The topological polar surface area (TPSA) is 34.0 Å². The molecule has 4 rings (SSSR count). The molecule has 0 spiro atoms. The lowest BCUT2D eigenvalue weighted by molar-refractivity contribution is -0.168. The Hall–Kier alpha value is -1.99. The van der Waals surface area contributed by atoms with Gasteiger partial charge in [-0.25, -0.2) is 9.97 Å². The van der Waals surface area contributed by atoms with E-state index in [1.54, 1.807) is 53.3 Å². The predicted molar refractivity (Wildman–Crippen MR) is 99.9 cm³/mol. The van der Waals surface area contributed by atoms with Crippen molar-refractivity contribution in [3.8, 4) is 5.69 Å². The number of hydrogen-bond donors (Lipinski definition) is 0. The van der Waals surface area contributed by atoms with Crippen LogP contribution in [0.1, 0.15) is 13.3 Å². The van der Waals surface area contributed by atoms with Crippen LogP contribution in [0, 0.1) is 5.92 Å². The minimum Gasteiger partial charge on any atom is -0.353 e. The van der Waals surface area contributed by atoms with Crippen molar-refractivity contribution in [3.05, 3.63) is 47.0 Å². The maximum Gasteiger partial charge on any atom is 0.393 e. The Morgan fingerprint density at radius 1 is 1.22 bits per heavy atom. The van der Waals surface area contributed by atoms with E-state index in [9.17, 15) is 13.2 Å². The molecule has 142 valence electrons. The van der Waals surface area contributed by atoms with Crippen molar-refractivity contribution in [1.29, 1.82) is 0 Å². The van der Waals surface area contributed by atoms with E-state index in [1.807, 2.05) is 0 Å². The maximum absolute atomic E-state index is 13.2. The van der Waals surface area contributed by atoms with Crippen molar-refractivity contribution in [2.75, 3.05) is 11.4 Å². The van der Waals surface area contributed by atoms with Crippen molar-refractivity contribution >= 4 is 39.9 Å². The molecular formula is C18H15Cl2F3N4. The highest BCUT2D eigenvalue weighted by Gasteiger charge is 2.46. The van der Waals surface area contributed by atoms with Crippen LogP contribution in [0.25, 0.3) is 16.6 Å². The fourth-order valence-corrected chi connectivity index (χ4v) is 3.91. The summed E-state index contributed by atoms with van der Waals surface area (Å²) in [6.45, 7) is 1.64. The summed E-state index contributed by atoms with van der Waals surface area (Å²) in [5.74, 6) is -0.939. The van der Waals surface area contributed by atoms with Gasteiger partial charge in [-0.2, -0.15) is 13.2 Å². The van der Waals surface area contributed by atoms with E-state index in [4.69, 9.17) is 23.2 Å². The molecule has 0 radical (unpaired) electrons. The Labute approximate surface area is 163 Å². The van der Waals surface area contributed by atoms with Crippen molar-refractivity contribution < 1.29 is 13.2 Å². The van der Waals surface area contributed by atoms with Gasteiger partial charge in [0.1, 0.15) is 5.82 Å². The van der Waals surface area contributed by atoms with Crippen LogP contribution in [0.3, 0.4) is 0 Å². The van der Waals surface area contributed by atoms with Gasteiger partial charge in [0.2, 0.25) is 0 Å². The molecule has 3 heterocycles. The Kier molecular flexibility index (Phi) is 4.47. The first-order valence-corrected chi connectivity index (χ1v) is 9.11. The molecular weight excluding hydrogens is 400 g/mol. The van der Waals surface area contributed by atoms with Crippen LogP contribution in [-0.4, -0.2) is 33.3 Å². The molecule has 1 fully saturated rings. The number of pyridine rings is 1. The van der Waals surface area contributed by atoms with E-state index < -0.39 is 12.1 Å². The number of alkyl halides is 3. The van der Waals surface area contributed by atoms with E-state index in [0.717, 1.165) is 11.1 Å². The van der Waals surface area contributed by atoms with Crippen LogP contribution in [0.15, 0.2) is 36.9 Å². The summed E-state index contributed by atoms with van der Waals surface area (Å²) in [7, 11) is 0. The average Bonchev–Trinajstić information content (AvgIpc) is 3.27. The zero-order chi connectivity index (χ0) is 19.3. The van der Waals surface area contributed by atoms with E-state index in [1.165, 1.54) is 0 Å². The second kappa shape index (κ2) is 6.56. The standard InChI is InChI=1S/C18H15Cl2F3N4/c1-10-6-11(18(21,22)23)8-27(10)15-7-14(26-5-4-24-9-26)12-2-3-13(19)16(20)17(12)25-15/h2-5,7,9-11H,6,8H2,1H3/t10-,11+/m1/s1. The van der Waals surface area contributed by atoms with E-state index in [0.29, 0.717) is 16.4 Å². The zero-order valence-corrected chi connectivity index (χ0v) is 15.7.